The number of carbonyl (C=O) groups excluding carboxylic acids is 1. The van der Waals surface area contributed by atoms with Gasteiger partial charge in [-0.05, 0) is 50.6 Å². The average Bonchev–Trinajstić information content (AvgIpc) is 2.74. The molecule has 0 atom stereocenters. The number of carboxylic acids is 1. The van der Waals surface area contributed by atoms with E-state index in [1.807, 2.05) is 0 Å². The number of hydrogen-bond donors (Lipinski definition) is 1. The number of nitrogens with zero attached hydrogens (tertiary/aromatic N) is 2. The molecule has 180 valence electrons. The lowest BCUT2D eigenvalue weighted by atomic mass is 9.97. The summed E-state index contributed by atoms with van der Waals surface area (Å²) in [5, 5.41) is 10.0. The summed E-state index contributed by atoms with van der Waals surface area (Å²) in [6.45, 7) is 3.80. The molecule has 0 saturated heterocycles. The topological polar surface area (TPSA) is 108 Å². The summed E-state index contributed by atoms with van der Waals surface area (Å²) in [6.07, 6.45) is 0. The first kappa shape index (κ1) is 25.8. The molecular formula is C23H21Cl3N2O6. The van der Waals surface area contributed by atoms with Gasteiger partial charge in [0.1, 0.15) is 13.2 Å². The fourth-order valence-electron chi connectivity index (χ4n) is 3.29. The highest BCUT2D eigenvalue weighted by Crippen LogP contribution is 2.27. The first-order valence-electron chi connectivity index (χ1n) is 10.1. The summed E-state index contributed by atoms with van der Waals surface area (Å²) < 4.78 is 7.21. The fraction of sp³-hybridized carbons (Fsp3) is 0.304. The van der Waals surface area contributed by atoms with Crippen LogP contribution in [0.5, 0.6) is 0 Å². The molecule has 0 amide bonds. The van der Waals surface area contributed by atoms with Gasteiger partial charge in [0.05, 0.1) is 32.9 Å². The van der Waals surface area contributed by atoms with Crippen LogP contribution in [-0.4, -0.2) is 26.2 Å². The van der Waals surface area contributed by atoms with Crippen molar-refractivity contribution in [2.75, 3.05) is 0 Å². The molecule has 0 fully saturated rings. The minimum atomic E-state index is -1.37. The number of fused-ring (bicyclic) bond motifs is 1. The Balaban J connectivity index is 2.27. The van der Waals surface area contributed by atoms with Crippen molar-refractivity contribution in [3.63, 3.8) is 0 Å². The predicted octanol–water partition coefficient (Wildman–Crippen LogP) is 4.35. The zero-order valence-electron chi connectivity index (χ0n) is 18.5. The number of hydrogen-bond acceptors (Lipinski definition) is 5. The number of carbonyl (C=O) groups is 2. The van der Waals surface area contributed by atoms with Gasteiger partial charge in [-0.2, -0.15) is 0 Å². The van der Waals surface area contributed by atoms with Crippen LogP contribution in [0, 0.1) is 5.41 Å². The number of aliphatic carboxylic acids is 1. The van der Waals surface area contributed by atoms with Crippen LogP contribution in [0.3, 0.4) is 0 Å². The molecule has 1 aromatic heterocycles. The molecule has 0 saturated carbocycles. The van der Waals surface area contributed by atoms with Crippen LogP contribution in [0.15, 0.2) is 39.9 Å². The SMILES string of the molecule is CC(C)(C)C(=O)OCc1c(Cl)ccc2c1c(=O)n(CC(=O)O)c(=O)n2Cc1ccc(Cl)c(Cl)c1. The van der Waals surface area contributed by atoms with Gasteiger partial charge in [-0.15, -0.1) is 0 Å². The van der Waals surface area contributed by atoms with Gasteiger partial charge in [-0.25, -0.2) is 9.36 Å². The lowest BCUT2D eigenvalue weighted by molar-refractivity contribution is -0.154. The zero-order chi connectivity index (χ0) is 25.4. The maximum Gasteiger partial charge on any atom is 0.332 e. The number of aromatic nitrogens is 2. The number of carboxylic acid groups (broad SMARTS) is 1. The molecule has 0 unspecified atom stereocenters. The minimum Gasteiger partial charge on any atom is -0.480 e. The van der Waals surface area contributed by atoms with E-state index in [0.717, 1.165) is 0 Å². The number of rotatable bonds is 6. The summed E-state index contributed by atoms with van der Waals surface area (Å²) in [5.74, 6) is -1.89. The van der Waals surface area contributed by atoms with Crippen LogP contribution in [0.2, 0.25) is 15.1 Å². The standard InChI is InChI=1S/C23H21Cl3N2O6/c1-23(2,3)21(32)34-11-13-14(24)6-7-17-19(13)20(31)28(10-18(29)30)22(33)27(17)9-12-4-5-15(25)16(26)8-12/h4-8H,9-11H2,1-3H3,(H,29,30). The van der Waals surface area contributed by atoms with Crippen molar-refractivity contribution in [2.45, 2.75) is 40.5 Å². The zero-order valence-corrected chi connectivity index (χ0v) is 20.8. The highest BCUT2D eigenvalue weighted by molar-refractivity contribution is 6.42. The second kappa shape index (κ2) is 9.82. The van der Waals surface area contributed by atoms with Gasteiger partial charge < -0.3 is 9.84 Å². The van der Waals surface area contributed by atoms with E-state index in [-0.39, 0.29) is 39.7 Å². The lowest BCUT2D eigenvalue weighted by Crippen LogP contribution is -2.42. The summed E-state index contributed by atoms with van der Waals surface area (Å²) in [6, 6.07) is 7.75. The molecule has 1 heterocycles. The van der Waals surface area contributed by atoms with Crippen LogP contribution < -0.4 is 11.2 Å². The Morgan fingerprint density at radius 2 is 1.62 bits per heavy atom. The highest BCUT2D eigenvalue weighted by atomic mass is 35.5. The van der Waals surface area contributed by atoms with Crippen LogP contribution in [-0.2, 0) is 34.0 Å². The van der Waals surface area contributed by atoms with Crippen molar-refractivity contribution >= 4 is 57.6 Å². The average molecular weight is 528 g/mol. The van der Waals surface area contributed by atoms with Crippen molar-refractivity contribution in [1.29, 1.82) is 0 Å². The van der Waals surface area contributed by atoms with Crippen molar-refractivity contribution < 1.29 is 19.4 Å². The number of ether oxygens (including phenoxy) is 1. The summed E-state index contributed by atoms with van der Waals surface area (Å²) >= 11 is 18.4. The monoisotopic (exact) mass is 526 g/mol. The van der Waals surface area contributed by atoms with E-state index in [1.165, 1.54) is 16.7 Å². The maximum absolute atomic E-state index is 13.3. The van der Waals surface area contributed by atoms with Crippen molar-refractivity contribution in [3.8, 4) is 0 Å². The Bertz CT molecular complexity index is 1420. The second-order valence-corrected chi connectivity index (χ2v) is 9.87. The molecule has 0 aliphatic rings. The Kier molecular flexibility index (Phi) is 7.45. The fourth-order valence-corrected chi connectivity index (χ4v) is 3.82. The Morgan fingerprint density at radius 1 is 0.971 bits per heavy atom. The van der Waals surface area contributed by atoms with Crippen LogP contribution >= 0.6 is 34.8 Å². The molecule has 0 spiro atoms. The number of benzene rings is 2. The smallest absolute Gasteiger partial charge is 0.332 e. The highest BCUT2D eigenvalue weighted by Gasteiger charge is 2.25. The molecule has 1 N–H and O–H groups in total. The van der Waals surface area contributed by atoms with Crippen molar-refractivity contribution in [1.82, 2.24) is 9.13 Å². The van der Waals surface area contributed by atoms with Gasteiger partial charge in [0.25, 0.3) is 5.56 Å². The normalized spacial score (nSPS) is 11.6. The minimum absolute atomic E-state index is 0.0184. The number of esters is 1. The van der Waals surface area contributed by atoms with Gasteiger partial charge in [0.2, 0.25) is 0 Å². The molecule has 0 aliphatic carbocycles. The van der Waals surface area contributed by atoms with Crippen LogP contribution in [0.4, 0.5) is 0 Å². The summed E-state index contributed by atoms with van der Waals surface area (Å²) in [5.41, 5.74) is -1.51. The first-order chi connectivity index (χ1) is 15.8. The quantitative estimate of drug-likeness (QED) is 0.478. The third-order valence-corrected chi connectivity index (χ3v) is 6.12. The molecule has 0 aliphatic heterocycles. The van der Waals surface area contributed by atoms with Gasteiger partial charge in [0.15, 0.2) is 0 Å². The molecule has 8 nitrogen and oxygen atoms in total. The largest absolute Gasteiger partial charge is 0.480 e. The van der Waals surface area contributed by atoms with E-state index in [0.29, 0.717) is 15.2 Å². The number of halogens is 3. The molecule has 3 rings (SSSR count). The lowest BCUT2D eigenvalue weighted by Gasteiger charge is -2.19. The molecule has 3 aromatic rings. The third-order valence-electron chi connectivity index (χ3n) is 5.02. The molecule has 11 heteroatoms. The molecular weight excluding hydrogens is 507 g/mol. The molecule has 0 radical (unpaired) electrons. The maximum atomic E-state index is 13.3. The Labute approximate surface area is 209 Å². The third kappa shape index (κ3) is 5.29. The van der Waals surface area contributed by atoms with Crippen LogP contribution in [0.25, 0.3) is 10.9 Å². The predicted molar refractivity (Wildman–Crippen MR) is 130 cm³/mol. The Morgan fingerprint density at radius 3 is 2.21 bits per heavy atom. The van der Waals surface area contributed by atoms with Crippen molar-refractivity contribution in [3.05, 3.63) is 77.4 Å². The van der Waals surface area contributed by atoms with E-state index in [9.17, 15) is 24.3 Å². The van der Waals surface area contributed by atoms with E-state index < -0.39 is 35.1 Å². The van der Waals surface area contributed by atoms with Gasteiger partial charge in [-0.3, -0.25) is 19.0 Å². The summed E-state index contributed by atoms with van der Waals surface area (Å²) in [7, 11) is 0. The molecule has 34 heavy (non-hydrogen) atoms. The van der Waals surface area contributed by atoms with E-state index in [1.54, 1.807) is 39.0 Å². The molecule has 2 aromatic carbocycles. The second-order valence-electron chi connectivity index (χ2n) is 8.65. The van der Waals surface area contributed by atoms with Gasteiger partial charge in [0, 0.05) is 10.6 Å². The van der Waals surface area contributed by atoms with E-state index >= 15 is 0 Å². The first-order valence-corrected chi connectivity index (χ1v) is 11.2. The van der Waals surface area contributed by atoms with E-state index in [2.05, 4.69) is 0 Å². The Hall–Kier alpha value is -2.81. The molecule has 0 bridgehead atoms. The van der Waals surface area contributed by atoms with Crippen LogP contribution in [0.1, 0.15) is 31.9 Å². The van der Waals surface area contributed by atoms with E-state index in [4.69, 9.17) is 39.5 Å². The van der Waals surface area contributed by atoms with Gasteiger partial charge in [-0.1, -0.05) is 40.9 Å². The van der Waals surface area contributed by atoms with Crippen molar-refractivity contribution in [2.24, 2.45) is 5.41 Å². The summed E-state index contributed by atoms with van der Waals surface area (Å²) in [4.78, 5) is 50.1. The van der Waals surface area contributed by atoms with Gasteiger partial charge >= 0.3 is 17.6 Å².